The minimum absolute atomic E-state index is 0.0169. The highest BCUT2D eigenvalue weighted by atomic mass is 35.5. The number of carbonyl (C=O) groups is 2. The Balaban J connectivity index is 1.42. The molecule has 0 saturated carbocycles. The molecule has 32 heavy (non-hydrogen) atoms. The van der Waals surface area contributed by atoms with Crippen molar-refractivity contribution in [2.75, 3.05) is 5.32 Å². The number of carbonyl (C=O) groups excluding carboxylic acids is 2. The summed E-state index contributed by atoms with van der Waals surface area (Å²) in [6, 6.07) is 22.6. The molecule has 164 valence electrons. The smallest absolute Gasteiger partial charge is 0.240 e. The number of halogens is 1. The summed E-state index contributed by atoms with van der Waals surface area (Å²) >= 11 is 6.05. The van der Waals surface area contributed by atoms with E-state index < -0.39 is 0 Å². The first-order valence-electron chi connectivity index (χ1n) is 10.1. The van der Waals surface area contributed by atoms with Gasteiger partial charge in [-0.2, -0.15) is 5.10 Å². The normalized spacial score (nSPS) is 10.7. The van der Waals surface area contributed by atoms with Gasteiger partial charge in [-0.25, -0.2) is 5.43 Å². The molecule has 0 radical (unpaired) electrons. The van der Waals surface area contributed by atoms with Crippen LogP contribution in [0.4, 0.5) is 5.69 Å². The SMILES string of the molecule is Cc1c(Cl)cccc1NC(=O)CCC(=O)NN=Cc1cccc(OCc2ccccc2)c1. The molecule has 0 aromatic heterocycles. The number of benzene rings is 3. The van der Waals surface area contributed by atoms with Crippen molar-refractivity contribution in [2.45, 2.75) is 26.4 Å². The maximum atomic E-state index is 12.1. The van der Waals surface area contributed by atoms with Gasteiger partial charge in [0.25, 0.3) is 0 Å². The molecule has 0 saturated heterocycles. The monoisotopic (exact) mass is 449 g/mol. The van der Waals surface area contributed by atoms with Crippen LogP contribution in [0.3, 0.4) is 0 Å². The van der Waals surface area contributed by atoms with E-state index in [1.54, 1.807) is 18.2 Å². The molecule has 0 spiro atoms. The van der Waals surface area contributed by atoms with E-state index in [2.05, 4.69) is 15.8 Å². The van der Waals surface area contributed by atoms with Crippen LogP contribution in [-0.4, -0.2) is 18.0 Å². The average molecular weight is 450 g/mol. The fraction of sp³-hybridized carbons (Fsp3) is 0.160. The fourth-order valence-electron chi connectivity index (χ4n) is 2.84. The third-order valence-corrected chi connectivity index (χ3v) is 5.04. The van der Waals surface area contributed by atoms with Crippen LogP contribution in [0.2, 0.25) is 5.02 Å². The number of nitrogens with one attached hydrogen (secondary N) is 2. The molecule has 7 heteroatoms. The summed E-state index contributed by atoms with van der Waals surface area (Å²) in [5, 5.41) is 7.30. The van der Waals surface area contributed by atoms with Gasteiger partial charge in [-0.05, 0) is 47.9 Å². The van der Waals surface area contributed by atoms with Gasteiger partial charge in [-0.15, -0.1) is 0 Å². The molecule has 3 aromatic carbocycles. The van der Waals surface area contributed by atoms with Crippen LogP contribution < -0.4 is 15.5 Å². The lowest BCUT2D eigenvalue weighted by Gasteiger charge is -2.09. The number of hydrogen-bond donors (Lipinski definition) is 2. The summed E-state index contributed by atoms with van der Waals surface area (Å²) in [5.74, 6) is 0.0885. The van der Waals surface area contributed by atoms with Gasteiger partial charge in [0, 0.05) is 23.6 Å². The van der Waals surface area contributed by atoms with Crippen LogP contribution in [0.25, 0.3) is 0 Å². The predicted octanol–water partition coefficient (Wildman–Crippen LogP) is 5.10. The Morgan fingerprint density at radius 2 is 1.72 bits per heavy atom. The van der Waals surface area contributed by atoms with Crippen molar-refractivity contribution in [3.63, 3.8) is 0 Å². The van der Waals surface area contributed by atoms with Crippen molar-refractivity contribution in [1.82, 2.24) is 5.43 Å². The van der Waals surface area contributed by atoms with Crippen molar-refractivity contribution in [3.8, 4) is 5.75 Å². The zero-order valence-electron chi connectivity index (χ0n) is 17.7. The molecule has 3 aromatic rings. The first-order valence-corrected chi connectivity index (χ1v) is 10.5. The van der Waals surface area contributed by atoms with Crippen molar-refractivity contribution >= 4 is 35.3 Å². The Bertz CT molecular complexity index is 1100. The highest BCUT2D eigenvalue weighted by Crippen LogP contribution is 2.23. The lowest BCUT2D eigenvalue weighted by Crippen LogP contribution is -2.20. The van der Waals surface area contributed by atoms with Crippen LogP contribution >= 0.6 is 11.6 Å². The molecule has 0 unspecified atom stereocenters. The lowest BCUT2D eigenvalue weighted by molar-refractivity contribution is -0.124. The van der Waals surface area contributed by atoms with E-state index in [-0.39, 0.29) is 24.7 Å². The van der Waals surface area contributed by atoms with Crippen molar-refractivity contribution in [3.05, 3.63) is 94.5 Å². The molecule has 0 bridgehead atoms. The van der Waals surface area contributed by atoms with E-state index in [0.29, 0.717) is 23.1 Å². The number of ether oxygens (including phenoxy) is 1. The Labute approximate surface area is 192 Å². The highest BCUT2D eigenvalue weighted by molar-refractivity contribution is 6.31. The molecule has 0 aliphatic carbocycles. The summed E-state index contributed by atoms with van der Waals surface area (Å²) in [7, 11) is 0. The third kappa shape index (κ3) is 7.25. The minimum atomic E-state index is -0.351. The van der Waals surface area contributed by atoms with Gasteiger partial charge in [0.2, 0.25) is 11.8 Å². The number of rotatable bonds is 9. The molecule has 2 amide bonds. The van der Waals surface area contributed by atoms with E-state index >= 15 is 0 Å². The first kappa shape index (κ1) is 23.0. The van der Waals surface area contributed by atoms with Gasteiger partial charge in [-0.3, -0.25) is 9.59 Å². The summed E-state index contributed by atoms with van der Waals surface area (Å²) in [6.45, 7) is 2.29. The molecule has 0 fully saturated rings. The number of hydrogen-bond acceptors (Lipinski definition) is 4. The topological polar surface area (TPSA) is 79.8 Å². The van der Waals surface area contributed by atoms with Crippen LogP contribution in [-0.2, 0) is 16.2 Å². The summed E-state index contributed by atoms with van der Waals surface area (Å²) in [4.78, 5) is 24.1. The number of anilines is 1. The quantitative estimate of drug-likeness (QED) is 0.352. The zero-order valence-corrected chi connectivity index (χ0v) is 18.4. The van der Waals surface area contributed by atoms with Crippen LogP contribution in [0.1, 0.15) is 29.5 Å². The lowest BCUT2D eigenvalue weighted by atomic mass is 10.2. The second-order valence-electron chi connectivity index (χ2n) is 7.10. The van der Waals surface area contributed by atoms with Crippen LogP contribution in [0, 0.1) is 6.92 Å². The number of nitrogens with zero attached hydrogens (tertiary/aromatic N) is 1. The summed E-state index contributed by atoms with van der Waals surface area (Å²) in [6.07, 6.45) is 1.59. The Morgan fingerprint density at radius 1 is 0.969 bits per heavy atom. The van der Waals surface area contributed by atoms with E-state index in [4.69, 9.17) is 16.3 Å². The molecule has 0 aliphatic heterocycles. The second kappa shape index (κ2) is 11.7. The molecule has 3 rings (SSSR count). The van der Waals surface area contributed by atoms with Crippen molar-refractivity contribution < 1.29 is 14.3 Å². The van der Waals surface area contributed by atoms with Gasteiger partial charge in [-0.1, -0.05) is 60.1 Å². The molecule has 0 aliphatic rings. The van der Waals surface area contributed by atoms with Crippen molar-refractivity contribution in [1.29, 1.82) is 0 Å². The van der Waals surface area contributed by atoms with E-state index in [0.717, 1.165) is 16.7 Å². The summed E-state index contributed by atoms with van der Waals surface area (Å²) in [5.41, 5.74) is 5.71. The fourth-order valence-corrected chi connectivity index (χ4v) is 3.02. The molecular weight excluding hydrogens is 426 g/mol. The van der Waals surface area contributed by atoms with E-state index in [1.165, 1.54) is 6.21 Å². The van der Waals surface area contributed by atoms with Gasteiger partial charge in [0.15, 0.2) is 0 Å². The standard InChI is InChI=1S/C25H24ClN3O3/c1-18-22(26)11-6-12-23(18)28-24(30)13-14-25(31)29-27-16-20-9-5-10-21(15-20)32-17-19-7-3-2-4-8-19/h2-12,15-16H,13-14,17H2,1H3,(H,28,30)(H,29,31). The Kier molecular flexibility index (Phi) is 8.40. The summed E-state index contributed by atoms with van der Waals surface area (Å²) < 4.78 is 5.79. The Hall–Kier alpha value is -3.64. The maximum Gasteiger partial charge on any atom is 0.240 e. The third-order valence-electron chi connectivity index (χ3n) is 4.63. The highest BCUT2D eigenvalue weighted by Gasteiger charge is 2.09. The van der Waals surface area contributed by atoms with Gasteiger partial charge in [0.1, 0.15) is 12.4 Å². The average Bonchev–Trinajstić information content (AvgIpc) is 2.80. The van der Waals surface area contributed by atoms with Crippen LogP contribution in [0.15, 0.2) is 77.9 Å². The maximum absolute atomic E-state index is 12.1. The molecule has 6 nitrogen and oxygen atoms in total. The number of amides is 2. The van der Waals surface area contributed by atoms with Crippen molar-refractivity contribution in [2.24, 2.45) is 5.10 Å². The molecule has 0 atom stereocenters. The van der Waals surface area contributed by atoms with E-state index in [1.807, 2.05) is 61.5 Å². The second-order valence-corrected chi connectivity index (χ2v) is 7.51. The number of hydrazone groups is 1. The zero-order chi connectivity index (χ0) is 22.8. The molecule has 0 heterocycles. The van der Waals surface area contributed by atoms with Gasteiger partial charge < -0.3 is 10.1 Å². The molecule has 2 N–H and O–H groups in total. The largest absolute Gasteiger partial charge is 0.489 e. The van der Waals surface area contributed by atoms with Crippen LogP contribution in [0.5, 0.6) is 5.75 Å². The van der Waals surface area contributed by atoms with Gasteiger partial charge >= 0.3 is 0 Å². The predicted molar refractivity (Wildman–Crippen MR) is 127 cm³/mol. The Morgan fingerprint density at radius 3 is 2.53 bits per heavy atom. The minimum Gasteiger partial charge on any atom is -0.489 e. The van der Waals surface area contributed by atoms with E-state index in [9.17, 15) is 9.59 Å². The van der Waals surface area contributed by atoms with Gasteiger partial charge in [0.05, 0.1) is 6.21 Å². The molecular formula is C25H24ClN3O3. The first-order chi connectivity index (χ1) is 15.5.